The van der Waals surface area contributed by atoms with Gasteiger partial charge < -0.3 is 58.9 Å². The molecule has 5 amide bonds. The minimum atomic E-state index is -1.58. The second-order valence-electron chi connectivity index (χ2n) is 11.9. The van der Waals surface area contributed by atoms with Gasteiger partial charge in [0.15, 0.2) is 12.0 Å². The molecule has 2 rings (SSSR count). The molecule has 0 aliphatic carbocycles. The highest BCUT2D eigenvalue weighted by molar-refractivity contribution is 6.01. The maximum Gasteiger partial charge on any atom is 0.328 e. The van der Waals surface area contributed by atoms with Gasteiger partial charge in [0, 0.05) is 25.7 Å². The average Bonchev–Trinajstić information content (AvgIpc) is 3.53. The molecule has 0 aromatic rings. The summed E-state index contributed by atoms with van der Waals surface area (Å²) >= 11 is 0. The molecule has 2 heterocycles. The highest BCUT2D eigenvalue weighted by Gasteiger charge is 2.43. The number of aliphatic hydroxyl groups excluding tert-OH is 1. The van der Waals surface area contributed by atoms with Crippen LogP contribution in [0, 0.1) is 5.92 Å². The third kappa shape index (κ3) is 10.6. The number of amides is 5. The number of aliphatic carboxylic acids is 1. The Labute approximate surface area is 273 Å². The van der Waals surface area contributed by atoms with Crippen molar-refractivity contribution in [2.45, 2.75) is 95.5 Å². The third-order valence-corrected chi connectivity index (χ3v) is 8.37. The van der Waals surface area contributed by atoms with Gasteiger partial charge in [0.1, 0.15) is 23.8 Å². The van der Waals surface area contributed by atoms with E-state index in [4.69, 9.17) is 28.0 Å². The number of rotatable bonds is 15. The SMILES string of the molecule is C/C=C(\NC(=O)C1CCCN1C(=O)C1CCCCN1C(=O)C(NC(=O)C(N)C(C)CCN=C(N)N)C(C)N)C(=O)NC(CO)C(=O)O. The lowest BCUT2D eigenvalue weighted by molar-refractivity contribution is -0.151. The summed E-state index contributed by atoms with van der Waals surface area (Å²) < 4.78 is 0. The number of carbonyl (C=O) groups is 6. The van der Waals surface area contributed by atoms with Gasteiger partial charge in [-0.15, -0.1) is 0 Å². The van der Waals surface area contributed by atoms with Gasteiger partial charge in [0.2, 0.25) is 23.6 Å². The number of guanidine groups is 1. The van der Waals surface area contributed by atoms with Crippen LogP contribution in [0.2, 0.25) is 0 Å². The third-order valence-electron chi connectivity index (χ3n) is 8.37. The highest BCUT2D eigenvalue weighted by Crippen LogP contribution is 2.26. The number of piperidine rings is 1. The first-order chi connectivity index (χ1) is 22.1. The van der Waals surface area contributed by atoms with Crippen LogP contribution in [-0.2, 0) is 28.8 Å². The van der Waals surface area contributed by atoms with Crippen LogP contribution in [0.25, 0.3) is 0 Å². The number of allylic oxidation sites excluding steroid dienone is 1. The number of nitrogens with one attached hydrogen (secondary N) is 3. The number of nitrogens with zero attached hydrogens (tertiary/aromatic N) is 3. The first kappa shape index (κ1) is 38.9. The quantitative estimate of drug-likeness (QED) is 0.0465. The van der Waals surface area contributed by atoms with E-state index in [0.29, 0.717) is 38.5 Å². The summed E-state index contributed by atoms with van der Waals surface area (Å²) in [5.74, 6) is -5.03. The lowest BCUT2D eigenvalue weighted by atomic mass is 9.96. The topological polar surface area (TPSA) is 302 Å². The molecule has 2 saturated heterocycles. The molecule has 0 aromatic carbocycles. The molecular weight excluding hydrogens is 616 g/mol. The molecule has 2 fully saturated rings. The van der Waals surface area contributed by atoms with Crippen molar-refractivity contribution in [1.82, 2.24) is 25.8 Å². The number of nitrogens with two attached hydrogens (primary N) is 4. The molecule has 0 aromatic heterocycles. The number of hydrogen-bond donors (Lipinski definition) is 9. The zero-order valence-electron chi connectivity index (χ0n) is 27.2. The van der Waals surface area contributed by atoms with Crippen LogP contribution in [0.3, 0.4) is 0 Å². The number of carboxylic acids is 1. The van der Waals surface area contributed by atoms with Gasteiger partial charge in [0.25, 0.3) is 5.91 Å². The molecule has 13 N–H and O–H groups in total. The summed E-state index contributed by atoms with van der Waals surface area (Å²) in [4.78, 5) is 84.6. The van der Waals surface area contributed by atoms with Crippen LogP contribution in [0.4, 0.5) is 0 Å². The standard InChI is InChI=1S/C29H50N10O8/c1-4-17(23(41)36-18(14-40)28(46)47)35-24(42)19-9-7-13-38(19)26(44)20-8-5-6-12-39(20)27(45)22(16(3)30)37-25(43)21(31)15(2)10-11-34-29(32)33/h4,15-16,18-22,40H,5-14,30-31H2,1-3H3,(H,35,42)(H,36,41)(H,37,43)(H,46,47)(H4,32,33,34)/b17-4-. The summed E-state index contributed by atoms with van der Waals surface area (Å²) in [6.45, 7) is 4.66. The van der Waals surface area contributed by atoms with Crippen molar-refractivity contribution >= 4 is 41.5 Å². The molecule has 18 heteroatoms. The molecular formula is C29H50N10O8. The summed E-state index contributed by atoms with van der Waals surface area (Å²) in [7, 11) is 0. The van der Waals surface area contributed by atoms with Crippen LogP contribution >= 0.6 is 0 Å². The number of aliphatic imine (C=N–C) groups is 1. The summed E-state index contributed by atoms with van der Waals surface area (Å²) in [5, 5.41) is 25.6. The maximum absolute atomic E-state index is 13.9. The monoisotopic (exact) mass is 666 g/mol. The van der Waals surface area contributed by atoms with E-state index < -0.39 is 78.4 Å². The van der Waals surface area contributed by atoms with Crippen LogP contribution in [-0.4, -0.2) is 124 Å². The van der Waals surface area contributed by atoms with Crippen LogP contribution in [0.15, 0.2) is 16.8 Å². The highest BCUT2D eigenvalue weighted by atomic mass is 16.4. The van der Waals surface area contributed by atoms with E-state index >= 15 is 0 Å². The van der Waals surface area contributed by atoms with E-state index in [1.54, 1.807) is 13.8 Å². The molecule has 264 valence electrons. The van der Waals surface area contributed by atoms with E-state index in [0.717, 1.165) is 0 Å². The fraction of sp³-hybridized carbons (Fsp3) is 0.690. The van der Waals surface area contributed by atoms with E-state index in [-0.39, 0.29) is 37.2 Å². The van der Waals surface area contributed by atoms with Gasteiger partial charge in [-0.25, -0.2) is 4.79 Å². The Morgan fingerprint density at radius 2 is 1.60 bits per heavy atom. The van der Waals surface area contributed by atoms with Crippen molar-refractivity contribution < 1.29 is 39.0 Å². The Bertz CT molecular complexity index is 1220. The smallest absolute Gasteiger partial charge is 0.328 e. The molecule has 2 aliphatic rings. The number of carboxylic acid groups (broad SMARTS) is 1. The second kappa shape index (κ2) is 18.2. The minimum Gasteiger partial charge on any atom is -0.480 e. The maximum atomic E-state index is 13.9. The fourth-order valence-corrected chi connectivity index (χ4v) is 5.53. The first-order valence-corrected chi connectivity index (χ1v) is 15.7. The molecule has 7 atom stereocenters. The van der Waals surface area contributed by atoms with Crippen LogP contribution in [0.5, 0.6) is 0 Å². The Balaban J connectivity index is 2.17. The lowest BCUT2D eigenvalue weighted by Gasteiger charge is -2.40. The van der Waals surface area contributed by atoms with E-state index in [9.17, 15) is 33.9 Å². The predicted molar refractivity (Wildman–Crippen MR) is 171 cm³/mol. The lowest BCUT2D eigenvalue weighted by Crippen LogP contribution is -2.63. The van der Waals surface area contributed by atoms with Crippen molar-refractivity contribution in [1.29, 1.82) is 0 Å². The second-order valence-corrected chi connectivity index (χ2v) is 11.9. The van der Waals surface area contributed by atoms with Crippen LogP contribution < -0.4 is 38.9 Å². The number of likely N-dealkylation sites (tertiary alicyclic amines) is 2. The Hall–Kier alpha value is -4.29. The minimum absolute atomic E-state index is 0.0794. The van der Waals surface area contributed by atoms with Gasteiger partial charge in [-0.1, -0.05) is 13.0 Å². The summed E-state index contributed by atoms with van der Waals surface area (Å²) in [5.41, 5.74) is 22.8. The first-order valence-electron chi connectivity index (χ1n) is 15.7. The molecule has 0 bridgehead atoms. The Kier molecular flexibility index (Phi) is 15.0. The van der Waals surface area contributed by atoms with Crippen molar-refractivity contribution in [3.8, 4) is 0 Å². The van der Waals surface area contributed by atoms with Gasteiger partial charge in [-0.3, -0.25) is 29.0 Å². The predicted octanol–water partition coefficient (Wildman–Crippen LogP) is -3.60. The number of hydrogen-bond acceptors (Lipinski definition) is 10. The summed E-state index contributed by atoms with van der Waals surface area (Å²) in [6, 6.07) is -6.43. The van der Waals surface area contributed by atoms with Gasteiger partial charge in [-0.2, -0.15) is 0 Å². The molecule has 0 saturated carbocycles. The fourth-order valence-electron chi connectivity index (χ4n) is 5.53. The van der Waals surface area contributed by atoms with Crippen molar-refractivity contribution in [3.63, 3.8) is 0 Å². The zero-order valence-corrected chi connectivity index (χ0v) is 27.2. The van der Waals surface area contributed by atoms with E-state index in [2.05, 4.69) is 20.9 Å². The normalized spacial score (nSPS) is 21.4. The molecule has 18 nitrogen and oxygen atoms in total. The molecule has 2 aliphatic heterocycles. The van der Waals surface area contributed by atoms with Gasteiger partial charge >= 0.3 is 5.97 Å². The van der Waals surface area contributed by atoms with E-state index in [1.807, 2.05) is 0 Å². The average molecular weight is 667 g/mol. The summed E-state index contributed by atoms with van der Waals surface area (Å²) in [6.07, 6.45) is 4.07. The largest absolute Gasteiger partial charge is 0.480 e. The zero-order chi connectivity index (χ0) is 35.4. The number of aliphatic hydroxyl groups is 1. The van der Waals surface area contributed by atoms with Crippen molar-refractivity contribution in [2.75, 3.05) is 26.2 Å². The molecule has 0 spiro atoms. The van der Waals surface area contributed by atoms with Crippen LogP contribution in [0.1, 0.15) is 59.3 Å². The number of carbonyl (C=O) groups excluding carboxylic acids is 5. The van der Waals surface area contributed by atoms with Crippen molar-refractivity contribution in [3.05, 3.63) is 11.8 Å². The van der Waals surface area contributed by atoms with Gasteiger partial charge in [-0.05, 0) is 58.3 Å². The molecule has 47 heavy (non-hydrogen) atoms. The van der Waals surface area contributed by atoms with Gasteiger partial charge in [0.05, 0.1) is 12.6 Å². The van der Waals surface area contributed by atoms with Crippen molar-refractivity contribution in [2.24, 2.45) is 33.8 Å². The van der Waals surface area contributed by atoms with E-state index in [1.165, 1.54) is 22.8 Å². The molecule has 7 unspecified atom stereocenters. The Morgan fingerprint density at radius 1 is 0.957 bits per heavy atom. The Morgan fingerprint density at radius 3 is 2.17 bits per heavy atom. The molecule has 0 radical (unpaired) electrons.